The van der Waals surface area contributed by atoms with Crippen molar-refractivity contribution in [1.82, 2.24) is 9.97 Å². The maximum absolute atomic E-state index is 13.3. The van der Waals surface area contributed by atoms with Gasteiger partial charge in [0.15, 0.2) is 10.9 Å². The first-order valence-electron chi connectivity index (χ1n) is 10.5. The first-order valence-corrected chi connectivity index (χ1v) is 11.4. The van der Waals surface area contributed by atoms with Gasteiger partial charge in [0.05, 0.1) is 16.5 Å². The van der Waals surface area contributed by atoms with Crippen molar-refractivity contribution in [2.24, 2.45) is 5.92 Å². The van der Waals surface area contributed by atoms with Crippen molar-refractivity contribution >= 4 is 38.5 Å². The summed E-state index contributed by atoms with van der Waals surface area (Å²) in [6.07, 6.45) is 2.87. The van der Waals surface area contributed by atoms with Gasteiger partial charge in [0.2, 0.25) is 17.5 Å². The molecule has 0 radical (unpaired) electrons. The lowest BCUT2D eigenvalue weighted by molar-refractivity contribution is -0.122. The summed E-state index contributed by atoms with van der Waals surface area (Å²) >= 11 is 1.54. The van der Waals surface area contributed by atoms with Crippen molar-refractivity contribution in [2.75, 3.05) is 29.4 Å². The lowest BCUT2D eigenvalue weighted by atomic mass is 9.95. The Morgan fingerprint density at radius 1 is 1.25 bits per heavy atom. The van der Waals surface area contributed by atoms with Gasteiger partial charge in [-0.2, -0.15) is 10.2 Å². The Morgan fingerprint density at radius 3 is 2.75 bits per heavy atom. The summed E-state index contributed by atoms with van der Waals surface area (Å²) in [5.74, 6) is 1.19. The van der Waals surface area contributed by atoms with Crippen LogP contribution < -0.4 is 9.80 Å². The number of furan rings is 1. The highest BCUT2D eigenvalue weighted by atomic mass is 32.1. The zero-order valence-corrected chi connectivity index (χ0v) is 18.3. The van der Waals surface area contributed by atoms with Crippen molar-refractivity contribution < 1.29 is 13.6 Å². The van der Waals surface area contributed by atoms with Gasteiger partial charge in [0.1, 0.15) is 6.07 Å². The normalized spacial score (nSPS) is 14.6. The van der Waals surface area contributed by atoms with Gasteiger partial charge in [-0.3, -0.25) is 9.69 Å². The number of thiazole rings is 1. The Bertz CT molecular complexity index is 1250. The van der Waals surface area contributed by atoms with E-state index in [9.17, 15) is 10.1 Å². The molecule has 1 aliphatic rings. The number of para-hydroxylation sites is 1. The molecule has 0 bridgehead atoms. The standard InChI is InChI=1S/C23H21N5O3S/c1-2-28(23-26-16-6-3-4-8-19(16)32-23)21(29)15-9-11-27(12-10-15)22-17(14-24)25-20(31-22)18-7-5-13-30-18/h3-8,13,15H,2,9-12H2,1H3. The number of benzene rings is 1. The average Bonchev–Trinajstić information content (AvgIpc) is 3.58. The second kappa shape index (κ2) is 8.48. The van der Waals surface area contributed by atoms with Gasteiger partial charge in [0.25, 0.3) is 5.89 Å². The number of nitriles is 1. The number of anilines is 2. The SMILES string of the molecule is CCN(C(=O)C1CCN(c2oc(-c3ccco3)nc2C#N)CC1)c1nc2ccccc2s1. The number of carbonyl (C=O) groups is 1. The number of rotatable bonds is 5. The molecule has 162 valence electrons. The van der Waals surface area contributed by atoms with Gasteiger partial charge in [-0.25, -0.2) is 4.98 Å². The minimum absolute atomic E-state index is 0.0977. The maximum atomic E-state index is 13.3. The first-order chi connectivity index (χ1) is 15.7. The highest BCUT2D eigenvalue weighted by molar-refractivity contribution is 7.22. The summed E-state index contributed by atoms with van der Waals surface area (Å²) in [6, 6.07) is 13.5. The summed E-state index contributed by atoms with van der Waals surface area (Å²) in [7, 11) is 0. The van der Waals surface area contributed by atoms with Gasteiger partial charge < -0.3 is 13.7 Å². The van der Waals surface area contributed by atoms with E-state index in [1.54, 1.807) is 28.4 Å². The van der Waals surface area contributed by atoms with E-state index in [1.165, 1.54) is 6.26 Å². The third-order valence-corrected chi connectivity index (χ3v) is 6.73. The number of nitrogens with zero attached hydrogens (tertiary/aromatic N) is 5. The molecule has 1 aromatic carbocycles. The Balaban J connectivity index is 1.30. The summed E-state index contributed by atoms with van der Waals surface area (Å²) in [6.45, 7) is 3.76. The number of carbonyl (C=O) groups excluding carboxylic acids is 1. The number of amides is 1. The van der Waals surface area contributed by atoms with E-state index < -0.39 is 0 Å². The highest BCUT2D eigenvalue weighted by Crippen LogP contribution is 2.33. The van der Waals surface area contributed by atoms with Crippen LogP contribution in [0.5, 0.6) is 0 Å². The molecule has 0 aliphatic carbocycles. The lowest BCUT2D eigenvalue weighted by Crippen LogP contribution is -2.42. The maximum Gasteiger partial charge on any atom is 0.266 e. The van der Waals surface area contributed by atoms with Crippen LogP contribution in [0.2, 0.25) is 0 Å². The molecule has 0 N–H and O–H groups in total. The fraction of sp³-hybridized carbons (Fsp3) is 0.304. The van der Waals surface area contributed by atoms with Crippen molar-refractivity contribution in [2.45, 2.75) is 19.8 Å². The van der Waals surface area contributed by atoms with E-state index in [0.717, 1.165) is 15.3 Å². The zero-order valence-electron chi connectivity index (χ0n) is 17.5. The molecule has 4 aromatic rings. The van der Waals surface area contributed by atoms with Crippen LogP contribution in [0.3, 0.4) is 0 Å². The minimum atomic E-state index is -0.101. The summed E-state index contributed by atoms with van der Waals surface area (Å²) in [5.41, 5.74) is 1.14. The Hall–Kier alpha value is -3.64. The third kappa shape index (κ3) is 3.63. The second-order valence-electron chi connectivity index (χ2n) is 7.57. The number of hydrogen-bond donors (Lipinski definition) is 0. The predicted molar refractivity (Wildman–Crippen MR) is 122 cm³/mol. The monoisotopic (exact) mass is 447 g/mol. The van der Waals surface area contributed by atoms with E-state index in [-0.39, 0.29) is 23.4 Å². The molecular formula is C23H21N5O3S. The number of piperidine rings is 1. The molecule has 0 atom stereocenters. The van der Waals surface area contributed by atoms with Gasteiger partial charge in [0, 0.05) is 25.6 Å². The van der Waals surface area contributed by atoms with Gasteiger partial charge in [-0.1, -0.05) is 23.5 Å². The second-order valence-corrected chi connectivity index (χ2v) is 8.58. The molecule has 1 saturated heterocycles. The Kier molecular flexibility index (Phi) is 5.37. The fourth-order valence-corrected chi connectivity index (χ4v) is 5.05. The molecule has 32 heavy (non-hydrogen) atoms. The van der Waals surface area contributed by atoms with E-state index in [2.05, 4.69) is 16.0 Å². The number of oxazole rings is 1. The molecule has 0 unspecified atom stereocenters. The molecule has 1 amide bonds. The zero-order chi connectivity index (χ0) is 22.1. The molecular weight excluding hydrogens is 426 g/mol. The smallest absolute Gasteiger partial charge is 0.266 e. The number of aromatic nitrogens is 2. The molecule has 0 spiro atoms. The van der Waals surface area contributed by atoms with Gasteiger partial charge in [-0.15, -0.1) is 0 Å². The average molecular weight is 448 g/mol. The quantitative estimate of drug-likeness (QED) is 0.438. The Labute approximate surface area is 188 Å². The largest absolute Gasteiger partial charge is 0.459 e. The van der Waals surface area contributed by atoms with Crippen molar-refractivity contribution in [3.05, 3.63) is 48.4 Å². The fourth-order valence-electron chi connectivity index (χ4n) is 4.02. The van der Waals surface area contributed by atoms with Gasteiger partial charge >= 0.3 is 0 Å². The number of hydrogen-bond acceptors (Lipinski definition) is 8. The van der Waals surface area contributed by atoms with Crippen LogP contribution in [0.4, 0.5) is 11.0 Å². The van der Waals surface area contributed by atoms with Crippen LogP contribution in [0.1, 0.15) is 25.5 Å². The molecule has 3 aromatic heterocycles. The van der Waals surface area contributed by atoms with E-state index >= 15 is 0 Å². The van der Waals surface area contributed by atoms with Crippen LogP contribution in [0.25, 0.3) is 21.9 Å². The molecule has 1 fully saturated rings. The van der Waals surface area contributed by atoms with Crippen molar-refractivity contribution in [3.63, 3.8) is 0 Å². The topological polar surface area (TPSA) is 99.4 Å². The van der Waals surface area contributed by atoms with Crippen LogP contribution >= 0.6 is 11.3 Å². The summed E-state index contributed by atoms with van der Waals surface area (Å²) in [4.78, 5) is 26.0. The molecule has 9 heteroatoms. The van der Waals surface area contributed by atoms with Crippen LogP contribution in [-0.4, -0.2) is 35.5 Å². The van der Waals surface area contributed by atoms with Crippen molar-refractivity contribution in [1.29, 1.82) is 5.26 Å². The molecule has 5 rings (SSSR count). The number of fused-ring (bicyclic) bond motifs is 1. The lowest BCUT2D eigenvalue weighted by Gasteiger charge is -2.33. The third-order valence-electron chi connectivity index (χ3n) is 5.67. The van der Waals surface area contributed by atoms with Crippen LogP contribution in [-0.2, 0) is 4.79 Å². The molecule has 8 nitrogen and oxygen atoms in total. The molecule has 4 heterocycles. The first kappa shape index (κ1) is 20.3. The summed E-state index contributed by atoms with van der Waals surface area (Å²) in [5, 5.41) is 10.2. The highest BCUT2D eigenvalue weighted by Gasteiger charge is 2.32. The molecule has 0 saturated carbocycles. The van der Waals surface area contributed by atoms with E-state index in [4.69, 9.17) is 8.83 Å². The van der Waals surface area contributed by atoms with E-state index in [0.29, 0.717) is 44.1 Å². The van der Waals surface area contributed by atoms with Gasteiger partial charge in [-0.05, 0) is 44.0 Å². The predicted octanol–water partition coefficient (Wildman–Crippen LogP) is 4.69. The Morgan fingerprint density at radius 2 is 2.06 bits per heavy atom. The summed E-state index contributed by atoms with van der Waals surface area (Å²) < 4.78 is 12.3. The van der Waals surface area contributed by atoms with Crippen molar-refractivity contribution in [3.8, 4) is 17.7 Å². The van der Waals surface area contributed by atoms with E-state index in [1.807, 2.05) is 36.1 Å². The minimum Gasteiger partial charge on any atom is -0.459 e. The van der Waals surface area contributed by atoms with Crippen LogP contribution in [0.15, 0.2) is 51.5 Å². The van der Waals surface area contributed by atoms with Crippen LogP contribution in [0, 0.1) is 17.2 Å². The molecule has 1 aliphatic heterocycles.